The van der Waals surface area contributed by atoms with E-state index in [9.17, 15) is 24.6 Å². The van der Waals surface area contributed by atoms with Crippen LogP contribution in [-0.2, 0) is 20.9 Å². The number of nitrogens with zero attached hydrogens (tertiary/aromatic N) is 1. The first-order chi connectivity index (χ1) is 23.7. The maximum Gasteiger partial charge on any atom is 0.412 e. The van der Waals surface area contributed by atoms with Crippen molar-refractivity contribution in [2.24, 2.45) is 0 Å². The molecule has 0 radical (unpaired) electrons. The van der Waals surface area contributed by atoms with Crippen LogP contribution in [0.2, 0.25) is 0 Å². The van der Waals surface area contributed by atoms with Gasteiger partial charge in [-0.2, -0.15) is 0 Å². The van der Waals surface area contributed by atoms with Crippen molar-refractivity contribution in [3.05, 3.63) is 108 Å². The summed E-state index contributed by atoms with van der Waals surface area (Å²) in [6.07, 6.45) is 0.839. The molecule has 0 aliphatic carbocycles. The Morgan fingerprint density at radius 1 is 0.918 bits per heavy atom. The third-order valence-corrected chi connectivity index (χ3v) is 8.68. The summed E-state index contributed by atoms with van der Waals surface area (Å²) in [7, 11) is 0. The van der Waals surface area contributed by atoms with Crippen molar-refractivity contribution >= 4 is 35.5 Å². The first kappa shape index (κ1) is 35.1. The number of amides is 3. The van der Waals surface area contributed by atoms with E-state index >= 15 is 0 Å². The number of piperidine rings is 1. The van der Waals surface area contributed by atoms with Gasteiger partial charge in [-0.1, -0.05) is 66.7 Å². The van der Waals surface area contributed by atoms with Crippen molar-refractivity contribution in [1.82, 2.24) is 10.2 Å². The highest BCUT2D eigenvalue weighted by molar-refractivity contribution is 5.92. The summed E-state index contributed by atoms with van der Waals surface area (Å²) in [6.45, 7) is 4.78. The zero-order valence-corrected chi connectivity index (χ0v) is 27.5. The molecular formula is C38H43N5O6. The molecule has 11 heteroatoms. The van der Waals surface area contributed by atoms with Crippen LogP contribution in [0.3, 0.4) is 0 Å². The topological polar surface area (TPSA) is 152 Å². The summed E-state index contributed by atoms with van der Waals surface area (Å²) in [5.41, 5.74) is 4.51. The van der Waals surface area contributed by atoms with Crippen LogP contribution in [0, 0.1) is 0 Å². The molecule has 1 atom stereocenters. The molecular weight excluding hydrogens is 622 g/mol. The molecule has 256 valence electrons. The van der Waals surface area contributed by atoms with Crippen molar-refractivity contribution in [2.45, 2.75) is 44.4 Å². The van der Waals surface area contributed by atoms with Gasteiger partial charge in [-0.15, -0.1) is 0 Å². The van der Waals surface area contributed by atoms with E-state index in [4.69, 9.17) is 4.74 Å². The van der Waals surface area contributed by atoms with Gasteiger partial charge in [0.2, 0.25) is 12.3 Å². The monoisotopic (exact) mass is 665 g/mol. The fraction of sp³-hybridized carbons (Fsp3) is 0.289. The van der Waals surface area contributed by atoms with Crippen LogP contribution in [0.25, 0.3) is 11.1 Å². The molecule has 0 saturated carbocycles. The zero-order valence-electron chi connectivity index (χ0n) is 27.5. The van der Waals surface area contributed by atoms with Gasteiger partial charge in [0.25, 0.3) is 0 Å². The van der Waals surface area contributed by atoms with E-state index in [-0.39, 0.29) is 23.9 Å². The molecule has 0 spiro atoms. The lowest BCUT2D eigenvalue weighted by molar-refractivity contribution is -0.116. The molecule has 6 N–H and O–H groups in total. The summed E-state index contributed by atoms with van der Waals surface area (Å²) in [4.78, 5) is 38.5. The maximum atomic E-state index is 12.9. The number of para-hydroxylation sites is 1. The number of carbonyl (C=O) groups is 3. The maximum absolute atomic E-state index is 12.9. The quantitative estimate of drug-likeness (QED) is 0.0722. The minimum atomic E-state index is -0.833. The summed E-state index contributed by atoms with van der Waals surface area (Å²) in [5, 5.41) is 31.7. The number of aliphatic hydroxyl groups is 1. The summed E-state index contributed by atoms with van der Waals surface area (Å²) >= 11 is 0. The van der Waals surface area contributed by atoms with Crippen LogP contribution in [0.5, 0.6) is 5.75 Å². The Bertz CT molecular complexity index is 1710. The Balaban J connectivity index is 0.998. The number of ether oxygens (including phenoxy) is 1. The fourth-order valence-corrected chi connectivity index (χ4v) is 5.77. The Morgan fingerprint density at radius 2 is 1.63 bits per heavy atom. The van der Waals surface area contributed by atoms with E-state index in [2.05, 4.69) is 26.2 Å². The number of carbonyl (C=O) groups excluding carboxylic acids is 3. The molecule has 0 bridgehead atoms. The Morgan fingerprint density at radius 3 is 2.37 bits per heavy atom. The van der Waals surface area contributed by atoms with E-state index < -0.39 is 17.8 Å². The molecule has 0 unspecified atom stereocenters. The van der Waals surface area contributed by atoms with Gasteiger partial charge in [0.1, 0.15) is 11.4 Å². The second kappa shape index (κ2) is 16.7. The predicted molar refractivity (Wildman–Crippen MR) is 190 cm³/mol. The molecule has 11 nitrogen and oxygen atoms in total. The third-order valence-electron chi connectivity index (χ3n) is 8.68. The van der Waals surface area contributed by atoms with Crippen LogP contribution in [0.4, 0.5) is 21.9 Å². The van der Waals surface area contributed by atoms with E-state index in [0.29, 0.717) is 55.7 Å². The normalized spacial score (nSPS) is 14.7. The molecule has 0 aromatic heterocycles. The second-order valence-electron chi connectivity index (χ2n) is 12.4. The van der Waals surface area contributed by atoms with Gasteiger partial charge in [-0.05, 0) is 66.8 Å². The van der Waals surface area contributed by atoms with Gasteiger partial charge < -0.3 is 35.8 Å². The van der Waals surface area contributed by atoms with Crippen LogP contribution >= 0.6 is 0 Å². The molecule has 3 amide bonds. The van der Waals surface area contributed by atoms with Crippen molar-refractivity contribution < 1.29 is 29.3 Å². The van der Waals surface area contributed by atoms with Gasteiger partial charge in [0.05, 0.1) is 17.5 Å². The minimum absolute atomic E-state index is 0.0759. The number of phenols is 1. The molecule has 4 aromatic rings. The molecule has 1 aliphatic heterocycles. The molecule has 49 heavy (non-hydrogen) atoms. The van der Waals surface area contributed by atoms with Crippen LogP contribution < -0.4 is 21.3 Å². The van der Waals surface area contributed by atoms with E-state index in [0.717, 1.165) is 29.8 Å². The first-order valence-electron chi connectivity index (χ1n) is 16.4. The smallest absolute Gasteiger partial charge is 0.412 e. The van der Waals surface area contributed by atoms with Gasteiger partial charge >= 0.3 is 6.09 Å². The van der Waals surface area contributed by atoms with E-state index in [1.807, 2.05) is 85.8 Å². The SMILES string of the molecule is CC1(OC(=O)Nc2ccccc2-c2ccccc2)CCN(CCC(=O)Nc2ccc(CNC[C@@H](O)c3ccc(O)c(NC=O)c3)cc2)CC1. The minimum Gasteiger partial charge on any atom is -0.506 e. The number of anilines is 3. The Labute approximate surface area is 286 Å². The number of nitrogens with one attached hydrogen (secondary N) is 4. The van der Waals surface area contributed by atoms with Crippen molar-refractivity contribution in [2.75, 3.05) is 42.1 Å². The molecule has 4 aromatic carbocycles. The van der Waals surface area contributed by atoms with Gasteiger partial charge in [0, 0.05) is 50.4 Å². The molecule has 5 rings (SSSR count). The number of hydrogen-bond donors (Lipinski definition) is 6. The van der Waals surface area contributed by atoms with Gasteiger partial charge in [-0.25, -0.2) is 4.79 Å². The average molecular weight is 666 g/mol. The van der Waals surface area contributed by atoms with Crippen molar-refractivity contribution in [3.8, 4) is 16.9 Å². The third kappa shape index (κ3) is 10.1. The predicted octanol–water partition coefficient (Wildman–Crippen LogP) is 5.88. The van der Waals surface area contributed by atoms with Gasteiger partial charge in [0.15, 0.2) is 0 Å². The highest BCUT2D eigenvalue weighted by Crippen LogP contribution is 2.30. The number of aliphatic hydroxyl groups excluding tert-OH is 1. The van der Waals surface area contributed by atoms with Crippen LogP contribution in [-0.4, -0.2) is 65.3 Å². The van der Waals surface area contributed by atoms with Gasteiger partial charge in [-0.3, -0.25) is 14.9 Å². The van der Waals surface area contributed by atoms with Crippen molar-refractivity contribution in [3.63, 3.8) is 0 Å². The van der Waals surface area contributed by atoms with Crippen LogP contribution in [0.1, 0.15) is 43.4 Å². The Hall–Kier alpha value is -5.23. The lowest BCUT2D eigenvalue weighted by Gasteiger charge is -2.38. The lowest BCUT2D eigenvalue weighted by Crippen LogP contribution is -2.46. The average Bonchev–Trinajstić information content (AvgIpc) is 3.10. The van der Waals surface area contributed by atoms with E-state index in [1.165, 1.54) is 12.1 Å². The highest BCUT2D eigenvalue weighted by Gasteiger charge is 2.34. The fourth-order valence-electron chi connectivity index (χ4n) is 5.77. The largest absolute Gasteiger partial charge is 0.506 e. The van der Waals surface area contributed by atoms with E-state index in [1.54, 1.807) is 6.07 Å². The summed E-state index contributed by atoms with van der Waals surface area (Å²) in [5.74, 6) is -0.152. The summed E-state index contributed by atoms with van der Waals surface area (Å²) in [6, 6.07) is 29.6. The molecule has 1 aliphatic rings. The number of hydrogen-bond acceptors (Lipinski definition) is 8. The Kier molecular flexibility index (Phi) is 12.0. The first-order valence-corrected chi connectivity index (χ1v) is 16.4. The molecule has 1 saturated heterocycles. The van der Waals surface area contributed by atoms with Crippen molar-refractivity contribution in [1.29, 1.82) is 0 Å². The number of phenolic OH excluding ortho intramolecular Hbond substituents is 1. The number of likely N-dealkylation sites (tertiary alicyclic amines) is 1. The zero-order chi connectivity index (χ0) is 34.6. The number of aromatic hydroxyl groups is 1. The second-order valence-corrected chi connectivity index (χ2v) is 12.4. The molecule has 1 fully saturated rings. The standard InChI is InChI=1S/C38H43N5O6/c1-38(49-37(48)42-32-10-6-5-9-31(32)28-7-3-2-4-8-28)18-21-43(22-19-38)20-17-36(47)41-30-14-11-27(12-15-30)24-39-25-35(46)29-13-16-34(45)33(23-29)40-26-44/h2-16,23,26,35,39,45-46H,17-22,24-25H2,1H3,(H,40,44)(H,41,47)(H,42,48)/t35-/m1/s1. The lowest BCUT2D eigenvalue weighted by atomic mass is 9.93. The summed E-state index contributed by atoms with van der Waals surface area (Å²) < 4.78 is 5.91. The number of benzene rings is 4. The highest BCUT2D eigenvalue weighted by atomic mass is 16.6. The number of rotatable bonds is 14. The van der Waals surface area contributed by atoms with Crippen LogP contribution in [0.15, 0.2) is 97.1 Å². The molecule has 1 heterocycles.